The summed E-state index contributed by atoms with van der Waals surface area (Å²) >= 11 is 0. The summed E-state index contributed by atoms with van der Waals surface area (Å²) in [5.41, 5.74) is 1.66. The van der Waals surface area contributed by atoms with E-state index in [-0.39, 0.29) is 12.5 Å². The van der Waals surface area contributed by atoms with Crippen molar-refractivity contribution in [2.45, 2.75) is 13.5 Å². The van der Waals surface area contributed by atoms with Crippen LogP contribution in [0.2, 0.25) is 0 Å². The van der Waals surface area contributed by atoms with Crippen LogP contribution in [0.5, 0.6) is 5.75 Å². The Labute approximate surface area is 124 Å². The molecule has 1 aromatic heterocycles. The van der Waals surface area contributed by atoms with E-state index in [4.69, 9.17) is 4.74 Å². The van der Waals surface area contributed by atoms with Gasteiger partial charge >= 0.3 is 0 Å². The van der Waals surface area contributed by atoms with Gasteiger partial charge in [0.15, 0.2) is 0 Å². The molecule has 0 bridgehead atoms. The molecule has 2 aromatic rings. The van der Waals surface area contributed by atoms with E-state index in [1.54, 1.807) is 6.20 Å². The first-order chi connectivity index (χ1) is 10.3. The molecule has 0 atom stereocenters. The molecular weight excluding hydrogens is 266 g/mol. The third kappa shape index (κ3) is 5.24. The Morgan fingerprint density at radius 1 is 1.19 bits per heavy atom. The highest BCUT2D eigenvalue weighted by atomic mass is 16.5. The fourth-order valence-electron chi connectivity index (χ4n) is 1.81. The van der Waals surface area contributed by atoms with Gasteiger partial charge in [0.05, 0.1) is 18.8 Å². The van der Waals surface area contributed by atoms with Crippen molar-refractivity contribution in [1.82, 2.24) is 10.3 Å². The minimum atomic E-state index is -0.0879. The first-order valence-electron chi connectivity index (χ1n) is 6.91. The predicted molar refractivity (Wildman–Crippen MR) is 82.2 cm³/mol. The molecule has 0 fully saturated rings. The number of nitrogens with one attached hydrogen (secondary N) is 2. The van der Waals surface area contributed by atoms with Crippen molar-refractivity contribution in [2.24, 2.45) is 0 Å². The number of anilines is 1. The molecule has 5 nitrogen and oxygen atoms in total. The molecule has 110 valence electrons. The second kappa shape index (κ2) is 8.01. The first kappa shape index (κ1) is 15.0. The summed E-state index contributed by atoms with van der Waals surface area (Å²) in [6, 6.07) is 13.0. The SMILES string of the molecule is CCOc1ccc(NC(=O)CNCc2ccccn2)cc1. The van der Waals surface area contributed by atoms with Crippen molar-refractivity contribution >= 4 is 11.6 Å². The van der Waals surface area contributed by atoms with Crippen LogP contribution in [-0.4, -0.2) is 24.0 Å². The number of pyridine rings is 1. The summed E-state index contributed by atoms with van der Waals surface area (Å²) in [4.78, 5) is 16.0. The molecule has 0 aliphatic rings. The van der Waals surface area contributed by atoms with E-state index in [2.05, 4.69) is 15.6 Å². The Morgan fingerprint density at radius 3 is 2.67 bits per heavy atom. The van der Waals surface area contributed by atoms with E-state index in [9.17, 15) is 4.79 Å². The number of ether oxygens (including phenoxy) is 1. The second-order valence-electron chi connectivity index (χ2n) is 4.43. The maximum absolute atomic E-state index is 11.8. The number of aromatic nitrogens is 1. The topological polar surface area (TPSA) is 63.2 Å². The standard InChI is InChI=1S/C16H19N3O2/c1-2-21-15-8-6-13(7-9-15)19-16(20)12-17-11-14-5-3-4-10-18-14/h3-10,17H,2,11-12H2,1H3,(H,19,20). The summed E-state index contributed by atoms with van der Waals surface area (Å²) < 4.78 is 5.35. The molecule has 2 rings (SSSR count). The number of benzene rings is 1. The number of carbonyl (C=O) groups is 1. The lowest BCUT2D eigenvalue weighted by atomic mass is 10.3. The molecule has 0 aliphatic heterocycles. The number of amides is 1. The quantitative estimate of drug-likeness (QED) is 0.818. The summed E-state index contributed by atoms with van der Waals surface area (Å²) in [5.74, 6) is 0.707. The van der Waals surface area contributed by atoms with Crippen molar-refractivity contribution in [3.63, 3.8) is 0 Å². The van der Waals surface area contributed by atoms with Gasteiger partial charge in [0, 0.05) is 18.4 Å². The smallest absolute Gasteiger partial charge is 0.238 e. The molecule has 0 unspecified atom stereocenters. The molecule has 1 amide bonds. The number of hydrogen-bond acceptors (Lipinski definition) is 4. The maximum Gasteiger partial charge on any atom is 0.238 e. The normalized spacial score (nSPS) is 10.1. The van der Waals surface area contributed by atoms with E-state index in [0.717, 1.165) is 17.1 Å². The Kier molecular flexibility index (Phi) is 5.72. The van der Waals surface area contributed by atoms with E-state index >= 15 is 0 Å². The molecule has 0 spiro atoms. The van der Waals surface area contributed by atoms with Gasteiger partial charge in [0.2, 0.25) is 5.91 Å². The molecule has 21 heavy (non-hydrogen) atoms. The largest absolute Gasteiger partial charge is 0.494 e. The van der Waals surface area contributed by atoms with Gasteiger partial charge in [0.1, 0.15) is 5.75 Å². The van der Waals surface area contributed by atoms with Crippen LogP contribution in [0.1, 0.15) is 12.6 Å². The van der Waals surface area contributed by atoms with E-state index < -0.39 is 0 Å². The van der Waals surface area contributed by atoms with Crippen LogP contribution < -0.4 is 15.4 Å². The molecule has 0 saturated heterocycles. The minimum absolute atomic E-state index is 0.0879. The lowest BCUT2D eigenvalue weighted by molar-refractivity contribution is -0.115. The third-order valence-corrected chi connectivity index (χ3v) is 2.77. The lowest BCUT2D eigenvalue weighted by Gasteiger charge is -2.08. The monoisotopic (exact) mass is 285 g/mol. The average Bonchev–Trinajstić information content (AvgIpc) is 2.51. The average molecular weight is 285 g/mol. The van der Waals surface area contributed by atoms with Gasteiger partial charge in [-0.15, -0.1) is 0 Å². The zero-order valence-corrected chi connectivity index (χ0v) is 12.0. The number of carbonyl (C=O) groups excluding carboxylic acids is 1. The summed E-state index contributed by atoms with van der Waals surface area (Å²) in [5, 5.41) is 5.87. The van der Waals surface area contributed by atoms with Crippen LogP contribution in [0.4, 0.5) is 5.69 Å². The van der Waals surface area contributed by atoms with E-state index in [1.165, 1.54) is 0 Å². The fraction of sp³-hybridized carbons (Fsp3) is 0.250. The predicted octanol–water partition coefficient (Wildman–Crippen LogP) is 2.21. The summed E-state index contributed by atoms with van der Waals surface area (Å²) in [6.45, 7) is 3.37. The van der Waals surface area contributed by atoms with Crippen LogP contribution in [-0.2, 0) is 11.3 Å². The molecule has 2 N–H and O–H groups in total. The van der Waals surface area contributed by atoms with E-state index in [0.29, 0.717) is 13.2 Å². The molecular formula is C16H19N3O2. The van der Waals surface area contributed by atoms with Crippen LogP contribution in [0.25, 0.3) is 0 Å². The molecule has 0 radical (unpaired) electrons. The molecule has 1 aromatic carbocycles. The number of hydrogen-bond donors (Lipinski definition) is 2. The molecule has 0 saturated carbocycles. The Morgan fingerprint density at radius 2 is 2.00 bits per heavy atom. The highest BCUT2D eigenvalue weighted by molar-refractivity contribution is 5.92. The van der Waals surface area contributed by atoms with Crippen molar-refractivity contribution in [3.05, 3.63) is 54.4 Å². The van der Waals surface area contributed by atoms with Gasteiger partial charge in [-0.3, -0.25) is 9.78 Å². The summed E-state index contributed by atoms with van der Waals surface area (Å²) in [6.07, 6.45) is 1.73. The highest BCUT2D eigenvalue weighted by Gasteiger charge is 2.02. The van der Waals surface area contributed by atoms with Crippen LogP contribution >= 0.6 is 0 Å². The fourth-order valence-corrected chi connectivity index (χ4v) is 1.81. The van der Waals surface area contributed by atoms with Gasteiger partial charge in [0.25, 0.3) is 0 Å². The Balaban J connectivity index is 1.74. The van der Waals surface area contributed by atoms with Gasteiger partial charge in [-0.25, -0.2) is 0 Å². The van der Waals surface area contributed by atoms with Crippen LogP contribution in [0.3, 0.4) is 0 Å². The zero-order valence-electron chi connectivity index (χ0n) is 12.0. The first-order valence-corrected chi connectivity index (χ1v) is 6.91. The maximum atomic E-state index is 11.8. The minimum Gasteiger partial charge on any atom is -0.494 e. The van der Waals surface area contributed by atoms with Gasteiger partial charge in [-0.05, 0) is 43.3 Å². The highest BCUT2D eigenvalue weighted by Crippen LogP contribution is 2.15. The van der Waals surface area contributed by atoms with E-state index in [1.807, 2.05) is 49.4 Å². The van der Waals surface area contributed by atoms with Gasteiger partial charge < -0.3 is 15.4 Å². The molecule has 5 heteroatoms. The van der Waals surface area contributed by atoms with Crippen molar-refractivity contribution in [1.29, 1.82) is 0 Å². The summed E-state index contributed by atoms with van der Waals surface area (Å²) in [7, 11) is 0. The number of nitrogens with zero attached hydrogens (tertiary/aromatic N) is 1. The zero-order chi connectivity index (χ0) is 14.9. The van der Waals surface area contributed by atoms with Crippen molar-refractivity contribution < 1.29 is 9.53 Å². The van der Waals surface area contributed by atoms with Gasteiger partial charge in [-0.2, -0.15) is 0 Å². The second-order valence-corrected chi connectivity index (χ2v) is 4.43. The van der Waals surface area contributed by atoms with Crippen molar-refractivity contribution in [3.8, 4) is 5.75 Å². The Bertz CT molecular complexity index is 555. The lowest BCUT2D eigenvalue weighted by Crippen LogP contribution is -2.27. The van der Waals surface area contributed by atoms with Crippen LogP contribution in [0.15, 0.2) is 48.7 Å². The van der Waals surface area contributed by atoms with Crippen LogP contribution in [0, 0.1) is 0 Å². The Hall–Kier alpha value is -2.40. The molecule has 0 aliphatic carbocycles. The number of rotatable bonds is 7. The third-order valence-electron chi connectivity index (χ3n) is 2.77. The van der Waals surface area contributed by atoms with Gasteiger partial charge in [-0.1, -0.05) is 6.07 Å². The van der Waals surface area contributed by atoms with Crippen molar-refractivity contribution in [2.75, 3.05) is 18.5 Å². The molecule has 1 heterocycles.